The van der Waals surface area contributed by atoms with Crippen molar-refractivity contribution in [2.24, 2.45) is 0 Å². The van der Waals surface area contributed by atoms with E-state index in [0.717, 1.165) is 105 Å². The molecule has 0 aliphatic heterocycles. The van der Waals surface area contributed by atoms with Gasteiger partial charge in [-0.15, -0.1) is 0 Å². The van der Waals surface area contributed by atoms with Crippen molar-refractivity contribution >= 4 is 43.6 Å². The van der Waals surface area contributed by atoms with Crippen LogP contribution in [0.2, 0.25) is 0 Å². The molecule has 0 unspecified atom stereocenters. The van der Waals surface area contributed by atoms with Crippen LogP contribution in [-0.4, -0.2) is 14.1 Å². The molecule has 0 radical (unpaired) electrons. The first-order valence-electron chi connectivity index (χ1n) is 23.1. The lowest BCUT2D eigenvalue weighted by molar-refractivity contribution is 1.13. The van der Waals surface area contributed by atoms with E-state index in [9.17, 15) is 26.3 Å². The summed E-state index contributed by atoms with van der Waals surface area (Å²) >= 11 is 0. The van der Waals surface area contributed by atoms with Gasteiger partial charge in [0.1, 0.15) is 0 Å². The summed E-state index contributed by atoms with van der Waals surface area (Å²) in [5.41, 5.74) is 17.7. The zero-order valence-electron chi connectivity index (χ0n) is 38.2. The SMILES string of the molecule is N#Cc1ccc(-c2ccc3c(c2)c2cc(-c4ccc(C#N)cc4)ccc2n3-c2ccc(C#N)cc2-c2ncccc2-n2c3ccc(-c4ccc(C#N)cc4)cc3c3cc(-c4ccc(C#N)cc4)ccc32)cc1. The number of hydrogen-bond acceptors (Lipinski definition) is 6. The molecule has 8 heteroatoms. The molecule has 12 rings (SSSR count). The quantitative estimate of drug-likeness (QED) is 0.156. The van der Waals surface area contributed by atoms with Crippen molar-refractivity contribution in [2.75, 3.05) is 0 Å². The van der Waals surface area contributed by atoms with E-state index in [-0.39, 0.29) is 0 Å². The van der Waals surface area contributed by atoms with Gasteiger partial charge >= 0.3 is 0 Å². The van der Waals surface area contributed by atoms with Crippen molar-refractivity contribution < 1.29 is 0 Å². The molecule has 72 heavy (non-hydrogen) atoms. The maximum Gasteiger partial charge on any atom is 0.0991 e. The number of aromatic nitrogens is 3. The second-order valence-corrected chi connectivity index (χ2v) is 17.6. The van der Waals surface area contributed by atoms with Crippen LogP contribution in [0.5, 0.6) is 0 Å². The van der Waals surface area contributed by atoms with Crippen LogP contribution in [0.1, 0.15) is 27.8 Å². The largest absolute Gasteiger partial charge is 0.309 e. The van der Waals surface area contributed by atoms with Crippen LogP contribution < -0.4 is 0 Å². The summed E-state index contributed by atoms with van der Waals surface area (Å²) in [6, 6.07) is 77.3. The minimum Gasteiger partial charge on any atom is -0.309 e. The Labute approximate surface area is 413 Å². The van der Waals surface area contributed by atoms with Gasteiger partial charge in [-0.05, 0) is 172 Å². The van der Waals surface area contributed by atoms with Crippen LogP contribution in [0.15, 0.2) is 206 Å². The Morgan fingerprint density at radius 2 is 0.597 bits per heavy atom. The van der Waals surface area contributed by atoms with Crippen molar-refractivity contribution in [2.45, 2.75) is 0 Å². The van der Waals surface area contributed by atoms with Gasteiger partial charge in [-0.25, -0.2) is 0 Å². The zero-order valence-corrected chi connectivity index (χ0v) is 38.2. The lowest BCUT2D eigenvalue weighted by Crippen LogP contribution is -2.03. The summed E-state index contributed by atoms with van der Waals surface area (Å²) in [6.07, 6.45) is 1.79. The van der Waals surface area contributed by atoms with E-state index in [1.54, 1.807) is 6.20 Å². The summed E-state index contributed by atoms with van der Waals surface area (Å²) in [6.45, 7) is 0. The molecule has 0 saturated carbocycles. The standard InChI is InChI=1S/C64H34N8/c65-35-40-3-12-45(13-4-40)49-20-25-58-53(31-49)54-32-50(46-14-5-41(36-66)6-15-46)21-26-59(54)71(58)62-24-11-44(39-69)30-57(62)64-63(2-1-29-70-64)72-60-27-22-51(47-16-7-42(37-67)8-17-47)33-55(60)56-34-52(23-28-61(56)72)48-18-9-43(38-68)10-19-48/h1-34H. The van der Waals surface area contributed by atoms with Crippen LogP contribution in [0.25, 0.3) is 111 Å². The van der Waals surface area contributed by atoms with E-state index in [1.165, 1.54) is 0 Å². The molecular weight excluding hydrogens is 881 g/mol. The van der Waals surface area contributed by atoms with Crippen molar-refractivity contribution in [3.8, 4) is 97.5 Å². The topological polar surface area (TPSA) is 142 Å². The van der Waals surface area contributed by atoms with E-state index in [1.807, 2.05) is 121 Å². The zero-order chi connectivity index (χ0) is 48.9. The minimum absolute atomic E-state index is 0.485. The van der Waals surface area contributed by atoms with Gasteiger partial charge in [0.25, 0.3) is 0 Å². The third kappa shape index (κ3) is 7.17. The highest BCUT2D eigenvalue weighted by Crippen LogP contribution is 2.43. The molecule has 330 valence electrons. The van der Waals surface area contributed by atoms with E-state index in [4.69, 9.17) is 4.98 Å². The van der Waals surface area contributed by atoms with Crippen molar-refractivity contribution in [1.82, 2.24) is 14.1 Å². The highest BCUT2D eigenvalue weighted by atomic mass is 15.0. The Morgan fingerprint density at radius 3 is 0.931 bits per heavy atom. The van der Waals surface area contributed by atoms with Gasteiger partial charge in [-0.1, -0.05) is 72.8 Å². The van der Waals surface area contributed by atoms with Gasteiger partial charge in [0, 0.05) is 33.3 Å². The summed E-state index contributed by atoms with van der Waals surface area (Å²) in [5.74, 6) is 0. The maximum absolute atomic E-state index is 10.5. The fourth-order valence-electron chi connectivity index (χ4n) is 10.0. The number of benzene rings is 9. The summed E-state index contributed by atoms with van der Waals surface area (Å²) in [7, 11) is 0. The minimum atomic E-state index is 0.485. The van der Waals surface area contributed by atoms with Crippen LogP contribution >= 0.6 is 0 Å². The van der Waals surface area contributed by atoms with Crippen LogP contribution in [-0.2, 0) is 0 Å². The molecule has 0 spiro atoms. The molecule has 0 aliphatic rings. The third-order valence-corrected chi connectivity index (χ3v) is 13.6. The Morgan fingerprint density at radius 1 is 0.292 bits per heavy atom. The van der Waals surface area contributed by atoms with E-state index < -0.39 is 0 Å². The van der Waals surface area contributed by atoms with E-state index in [0.29, 0.717) is 33.5 Å². The first-order chi connectivity index (χ1) is 35.4. The molecule has 12 aromatic rings. The summed E-state index contributed by atoms with van der Waals surface area (Å²) in [5, 5.41) is 52.7. The molecule has 3 aromatic heterocycles. The van der Waals surface area contributed by atoms with Gasteiger partial charge in [0.15, 0.2) is 0 Å². The summed E-state index contributed by atoms with van der Waals surface area (Å²) < 4.78 is 4.50. The maximum atomic E-state index is 10.5. The van der Waals surface area contributed by atoms with Gasteiger partial charge in [0.2, 0.25) is 0 Å². The Bertz CT molecular complexity index is 4180. The third-order valence-electron chi connectivity index (χ3n) is 13.6. The number of nitriles is 5. The molecule has 0 atom stereocenters. The highest BCUT2D eigenvalue weighted by Gasteiger charge is 2.23. The number of rotatable bonds is 7. The normalized spacial score (nSPS) is 11.0. The van der Waals surface area contributed by atoms with Crippen molar-refractivity contribution in [3.05, 3.63) is 234 Å². The summed E-state index contributed by atoms with van der Waals surface area (Å²) in [4.78, 5) is 5.18. The number of nitrogens with zero attached hydrogens (tertiary/aromatic N) is 8. The predicted octanol–water partition coefficient (Wildman–Crippen LogP) is 15.0. The molecule has 0 fully saturated rings. The van der Waals surface area contributed by atoms with Crippen molar-refractivity contribution in [1.29, 1.82) is 26.3 Å². The Kier molecular flexibility index (Phi) is 10.3. The lowest BCUT2D eigenvalue weighted by Gasteiger charge is -2.18. The monoisotopic (exact) mass is 914 g/mol. The second-order valence-electron chi connectivity index (χ2n) is 17.6. The first-order valence-corrected chi connectivity index (χ1v) is 23.1. The molecule has 0 saturated heterocycles. The first kappa shape index (κ1) is 42.5. The van der Waals surface area contributed by atoms with E-state index in [2.05, 4.69) is 118 Å². The molecular formula is C64H34N8. The highest BCUT2D eigenvalue weighted by molar-refractivity contribution is 6.14. The molecule has 8 nitrogen and oxygen atoms in total. The Balaban J connectivity index is 1.10. The number of hydrogen-bond donors (Lipinski definition) is 0. The molecule has 3 heterocycles. The molecule has 9 aromatic carbocycles. The van der Waals surface area contributed by atoms with Crippen molar-refractivity contribution in [3.63, 3.8) is 0 Å². The lowest BCUT2D eigenvalue weighted by atomic mass is 9.99. The van der Waals surface area contributed by atoms with Crippen LogP contribution in [0, 0.1) is 56.7 Å². The second kappa shape index (κ2) is 17.4. The van der Waals surface area contributed by atoms with E-state index >= 15 is 0 Å². The fourth-order valence-corrected chi connectivity index (χ4v) is 10.0. The van der Waals surface area contributed by atoms with Crippen LogP contribution in [0.4, 0.5) is 0 Å². The number of fused-ring (bicyclic) bond motifs is 6. The number of pyridine rings is 1. The fraction of sp³-hybridized carbons (Fsp3) is 0. The predicted molar refractivity (Wildman–Crippen MR) is 284 cm³/mol. The van der Waals surface area contributed by atoms with Crippen LogP contribution in [0.3, 0.4) is 0 Å². The molecule has 0 bridgehead atoms. The molecule has 0 aliphatic carbocycles. The Hall–Kier alpha value is -10.8. The smallest absolute Gasteiger partial charge is 0.0991 e. The van der Waals surface area contributed by atoms with Gasteiger partial charge in [-0.2, -0.15) is 26.3 Å². The average Bonchev–Trinajstić information content (AvgIpc) is 3.96. The molecule has 0 N–H and O–H groups in total. The molecule has 0 amide bonds. The van der Waals surface area contributed by atoms with Gasteiger partial charge in [-0.3, -0.25) is 4.98 Å². The van der Waals surface area contributed by atoms with Gasteiger partial charge < -0.3 is 9.13 Å². The van der Waals surface area contributed by atoms with Gasteiger partial charge in [0.05, 0.1) is 97.3 Å². The average molecular weight is 915 g/mol.